The first-order valence-electron chi connectivity index (χ1n) is 18.8. The molecule has 2 atom stereocenters. The van der Waals surface area contributed by atoms with Gasteiger partial charge in [0.05, 0.1) is 18.5 Å². The van der Waals surface area contributed by atoms with Crippen molar-refractivity contribution < 1.29 is 43.1 Å². The van der Waals surface area contributed by atoms with Crippen molar-refractivity contribution in [1.29, 1.82) is 0 Å². The minimum absolute atomic E-state index is 0.00817. The molecule has 1 aromatic carbocycles. The Labute approximate surface area is 313 Å². The van der Waals surface area contributed by atoms with E-state index >= 15 is 0 Å². The number of unbranched alkanes of at least 4 members (excludes halogenated alkanes) is 2. The largest absolute Gasteiger partial charge is 0.349 e. The highest BCUT2D eigenvalue weighted by atomic mass is 16.5. The first-order chi connectivity index (χ1) is 24.8. The Balaban J connectivity index is 1.35. The van der Waals surface area contributed by atoms with E-state index in [0.717, 1.165) is 5.56 Å². The number of Topliss-reactive ketones (excluding diaryl/α,β-unsaturated/α-hetero) is 3. The number of imide groups is 1. The number of hydrogen-bond acceptors (Lipinski definition) is 9. The van der Waals surface area contributed by atoms with E-state index in [-0.39, 0.29) is 105 Å². The number of nitrogens with one attached hydrogen (secondary N) is 3. The molecule has 1 saturated heterocycles. The molecule has 3 N–H and O–H groups in total. The average Bonchev–Trinajstić information content (AvgIpc) is 3.82. The fourth-order valence-corrected chi connectivity index (χ4v) is 6.30. The molecule has 3 rings (SSSR count). The lowest BCUT2D eigenvalue weighted by atomic mass is 9.80. The normalized spacial score (nSPS) is 17.2. The molecule has 1 aromatic rings. The van der Waals surface area contributed by atoms with Crippen molar-refractivity contribution in [2.24, 2.45) is 16.7 Å². The molecule has 1 aliphatic carbocycles. The number of hydrogen-bond donors (Lipinski definition) is 3. The molecule has 1 unspecified atom stereocenters. The van der Waals surface area contributed by atoms with Gasteiger partial charge in [-0.1, -0.05) is 78.3 Å². The Morgan fingerprint density at radius 2 is 1.45 bits per heavy atom. The first-order valence-corrected chi connectivity index (χ1v) is 18.8. The summed E-state index contributed by atoms with van der Waals surface area (Å²) < 4.78 is 5.73. The molecular formula is C40H58N4O9. The van der Waals surface area contributed by atoms with E-state index in [0.29, 0.717) is 38.6 Å². The van der Waals surface area contributed by atoms with Crippen LogP contribution in [-0.2, 0) is 49.5 Å². The summed E-state index contributed by atoms with van der Waals surface area (Å²) in [7, 11) is 0. The van der Waals surface area contributed by atoms with Gasteiger partial charge in [-0.05, 0) is 43.1 Å². The molecule has 1 aliphatic heterocycles. The highest BCUT2D eigenvalue weighted by molar-refractivity contribution is 6.04. The van der Waals surface area contributed by atoms with Gasteiger partial charge >= 0.3 is 0 Å². The van der Waals surface area contributed by atoms with Crippen molar-refractivity contribution in [3.8, 4) is 0 Å². The Hall–Kier alpha value is -4.26. The maximum absolute atomic E-state index is 13.2. The fraction of sp³-hybridized carbons (Fsp3) is 0.650. The number of benzene rings is 1. The molecule has 1 heterocycles. The smallest absolute Gasteiger partial charge is 0.233 e. The van der Waals surface area contributed by atoms with E-state index < -0.39 is 28.9 Å². The van der Waals surface area contributed by atoms with Gasteiger partial charge in [-0.25, -0.2) is 0 Å². The van der Waals surface area contributed by atoms with Crippen LogP contribution >= 0.6 is 0 Å². The fourth-order valence-electron chi connectivity index (χ4n) is 6.30. The molecule has 53 heavy (non-hydrogen) atoms. The zero-order valence-electron chi connectivity index (χ0n) is 32.3. The van der Waals surface area contributed by atoms with Gasteiger partial charge in [0.1, 0.15) is 12.3 Å². The molecule has 0 radical (unpaired) electrons. The molecule has 2 aliphatic rings. The third kappa shape index (κ3) is 13.9. The van der Waals surface area contributed by atoms with Crippen molar-refractivity contribution in [3.63, 3.8) is 0 Å². The van der Waals surface area contributed by atoms with Crippen LogP contribution in [0.1, 0.15) is 118 Å². The van der Waals surface area contributed by atoms with Crippen LogP contribution in [0.25, 0.3) is 0 Å². The monoisotopic (exact) mass is 738 g/mol. The van der Waals surface area contributed by atoms with Gasteiger partial charge in [0.25, 0.3) is 0 Å². The molecular weight excluding hydrogens is 680 g/mol. The lowest BCUT2D eigenvalue weighted by Gasteiger charge is -2.24. The SMILES string of the molecule is CC(C)(C)C(=O)C1(OCNC(=O)CCC(=O)[C@H](Cc2ccccc2)NC(=O)CCC(=O)CNC(=O)CCCCCN2C(=O)CC(C(C)(C)C)C2=O)CC1. The lowest BCUT2D eigenvalue weighted by molar-refractivity contribution is -0.143. The van der Waals surface area contributed by atoms with Crippen LogP contribution in [0.5, 0.6) is 0 Å². The van der Waals surface area contributed by atoms with Crippen molar-refractivity contribution in [1.82, 2.24) is 20.9 Å². The van der Waals surface area contributed by atoms with Crippen molar-refractivity contribution in [2.45, 2.75) is 130 Å². The highest BCUT2D eigenvalue weighted by Gasteiger charge is 2.54. The molecule has 0 spiro atoms. The Kier molecular flexibility index (Phi) is 15.6. The highest BCUT2D eigenvalue weighted by Crippen LogP contribution is 2.44. The maximum atomic E-state index is 13.2. The van der Waals surface area contributed by atoms with Crippen LogP contribution in [0.2, 0.25) is 0 Å². The summed E-state index contributed by atoms with van der Waals surface area (Å²) in [5, 5.41) is 7.90. The Morgan fingerprint density at radius 1 is 0.811 bits per heavy atom. The van der Waals surface area contributed by atoms with E-state index in [1.807, 2.05) is 71.9 Å². The van der Waals surface area contributed by atoms with E-state index in [9.17, 15) is 38.4 Å². The number of carbonyl (C=O) groups is 8. The first kappa shape index (κ1) is 43.1. The zero-order valence-corrected chi connectivity index (χ0v) is 32.3. The summed E-state index contributed by atoms with van der Waals surface area (Å²) >= 11 is 0. The topological polar surface area (TPSA) is 185 Å². The van der Waals surface area contributed by atoms with E-state index in [1.54, 1.807) is 0 Å². The summed E-state index contributed by atoms with van der Waals surface area (Å²) in [6, 6.07) is 8.21. The minimum Gasteiger partial charge on any atom is -0.349 e. The van der Waals surface area contributed by atoms with Gasteiger partial charge < -0.3 is 20.7 Å². The van der Waals surface area contributed by atoms with Gasteiger partial charge in [0.2, 0.25) is 29.5 Å². The van der Waals surface area contributed by atoms with E-state index in [2.05, 4.69) is 16.0 Å². The predicted molar refractivity (Wildman–Crippen MR) is 197 cm³/mol. The second kappa shape index (κ2) is 19.2. The number of carbonyl (C=O) groups excluding carboxylic acids is 8. The van der Waals surface area contributed by atoms with Crippen LogP contribution in [-0.4, -0.2) is 83.2 Å². The second-order valence-corrected chi connectivity index (χ2v) is 16.4. The quantitative estimate of drug-likeness (QED) is 0.0906. The average molecular weight is 739 g/mol. The molecule has 292 valence electrons. The number of rotatable bonds is 22. The molecule has 5 amide bonds. The summed E-state index contributed by atoms with van der Waals surface area (Å²) in [5.41, 5.74) is -0.888. The molecule has 13 nitrogen and oxygen atoms in total. The van der Waals surface area contributed by atoms with Crippen LogP contribution in [0.3, 0.4) is 0 Å². The molecule has 1 saturated carbocycles. The Morgan fingerprint density at radius 3 is 2.06 bits per heavy atom. The van der Waals surface area contributed by atoms with Crippen LogP contribution in [0.15, 0.2) is 30.3 Å². The number of nitrogens with zero attached hydrogens (tertiary/aromatic N) is 1. The summed E-state index contributed by atoms with van der Waals surface area (Å²) in [6.07, 6.45) is 3.03. The number of ketones is 3. The lowest BCUT2D eigenvalue weighted by Crippen LogP contribution is -2.43. The standard InChI is InChI=1S/C40H58N4O9/c1-38(2,3)29-24-35(50)44(36(29)51)22-12-8-11-15-32(47)41-25-28(45)16-18-34(49)43-30(23-27-13-9-7-10-14-27)31(46)17-19-33(48)42-26-53-40(20-21-40)37(52)39(4,5)6/h7,9-10,13-14,29-30H,8,11-12,15-26H2,1-6H3,(H,41,47)(H,42,48)(H,43,49)/t29?,30-/m0/s1. The van der Waals surface area contributed by atoms with Gasteiger partial charge in [0.15, 0.2) is 17.3 Å². The van der Waals surface area contributed by atoms with Crippen molar-refractivity contribution in [3.05, 3.63) is 35.9 Å². The maximum Gasteiger partial charge on any atom is 0.233 e. The van der Waals surface area contributed by atoms with Crippen molar-refractivity contribution >= 4 is 46.9 Å². The molecule has 0 aromatic heterocycles. The summed E-state index contributed by atoms with van der Waals surface area (Å²) in [5.74, 6) is -2.51. The Bertz CT molecular complexity index is 1510. The van der Waals surface area contributed by atoms with Crippen molar-refractivity contribution in [2.75, 3.05) is 19.8 Å². The minimum atomic E-state index is -0.912. The third-order valence-corrected chi connectivity index (χ3v) is 9.71. The predicted octanol–water partition coefficient (Wildman–Crippen LogP) is 3.75. The number of likely N-dealkylation sites (tertiary alicyclic amines) is 1. The van der Waals surface area contributed by atoms with Crippen LogP contribution in [0.4, 0.5) is 0 Å². The molecule has 0 bridgehead atoms. The summed E-state index contributed by atoms with van der Waals surface area (Å²) in [6.45, 7) is 11.3. The molecule has 2 fully saturated rings. The van der Waals surface area contributed by atoms with E-state index in [4.69, 9.17) is 4.74 Å². The molecule has 13 heteroatoms. The number of ether oxygens (including phenoxy) is 1. The zero-order chi connectivity index (χ0) is 39.4. The van der Waals surface area contributed by atoms with E-state index in [1.165, 1.54) is 4.90 Å². The number of amides is 5. The van der Waals surface area contributed by atoms with Gasteiger partial charge in [-0.3, -0.25) is 43.3 Å². The second-order valence-electron chi connectivity index (χ2n) is 16.4. The van der Waals surface area contributed by atoms with Gasteiger partial charge in [-0.2, -0.15) is 0 Å². The van der Waals surface area contributed by atoms with Gasteiger partial charge in [-0.15, -0.1) is 0 Å². The van der Waals surface area contributed by atoms with Gasteiger partial charge in [0, 0.05) is 50.5 Å². The summed E-state index contributed by atoms with van der Waals surface area (Å²) in [4.78, 5) is 102. The van der Waals surface area contributed by atoms with Crippen LogP contribution < -0.4 is 16.0 Å². The third-order valence-electron chi connectivity index (χ3n) is 9.71. The van der Waals surface area contributed by atoms with Crippen LogP contribution in [0, 0.1) is 16.7 Å².